The molecule has 0 saturated carbocycles. The molecule has 0 aromatic heterocycles. The molecular formula is C19H21NO3. The van der Waals surface area contributed by atoms with Crippen LogP contribution in [0.3, 0.4) is 0 Å². The fourth-order valence-corrected chi connectivity index (χ4v) is 2.51. The van der Waals surface area contributed by atoms with Crippen LogP contribution in [0.5, 0.6) is 0 Å². The van der Waals surface area contributed by atoms with Crippen LogP contribution in [0, 0.1) is 6.92 Å². The van der Waals surface area contributed by atoms with Gasteiger partial charge in [0, 0.05) is 12.2 Å². The minimum Gasteiger partial charge on any atom is -0.462 e. The SMILES string of the molecule is C=CCN1C(=O)/C(=C\c2ccc(C)cc2)C(C(=O)OCC)=C1C. The Balaban J connectivity index is 2.50. The van der Waals surface area contributed by atoms with Gasteiger partial charge in [-0.15, -0.1) is 6.58 Å². The molecule has 0 saturated heterocycles. The van der Waals surface area contributed by atoms with Gasteiger partial charge < -0.3 is 9.64 Å². The smallest absolute Gasteiger partial charge is 0.340 e. The third-order valence-corrected chi connectivity index (χ3v) is 3.69. The van der Waals surface area contributed by atoms with Crippen molar-refractivity contribution in [1.29, 1.82) is 0 Å². The van der Waals surface area contributed by atoms with Gasteiger partial charge in [-0.05, 0) is 32.4 Å². The van der Waals surface area contributed by atoms with E-state index in [9.17, 15) is 9.59 Å². The number of benzene rings is 1. The lowest BCUT2D eigenvalue weighted by Gasteiger charge is -2.14. The molecule has 0 atom stereocenters. The molecule has 1 amide bonds. The van der Waals surface area contributed by atoms with Gasteiger partial charge in [0.15, 0.2) is 0 Å². The monoisotopic (exact) mass is 311 g/mol. The third kappa shape index (κ3) is 3.42. The highest BCUT2D eigenvalue weighted by atomic mass is 16.5. The van der Waals surface area contributed by atoms with Gasteiger partial charge in [-0.25, -0.2) is 4.79 Å². The standard InChI is InChI=1S/C19H21NO3/c1-5-11-20-14(4)17(19(22)23-6-2)16(18(20)21)12-15-9-7-13(3)8-10-15/h5,7-10,12H,1,6,11H2,2-4H3/b16-12-. The fraction of sp³-hybridized carbons (Fsp3) is 0.263. The fourth-order valence-electron chi connectivity index (χ4n) is 2.51. The van der Waals surface area contributed by atoms with Crippen molar-refractivity contribution >= 4 is 18.0 Å². The molecule has 0 aliphatic carbocycles. The van der Waals surface area contributed by atoms with Crippen molar-refractivity contribution < 1.29 is 14.3 Å². The zero-order valence-corrected chi connectivity index (χ0v) is 13.8. The average Bonchev–Trinajstić information content (AvgIpc) is 2.75. The number of carbonyl (C=O) groups is 2. The zero-order chi connectivity index (χ0) is 17.0. The van der Waals surface area contributed by atoms with E-state index in [1.165, 1.54) is 0 Å². The van der Waals surface area contributed by atoms with Gasteiger partial charge >= 0.3 is 5.97 Å². The van der Waals surface area contributed by atoms with Crippen LogP contribution < -0.4 is 0 Å². The molecule has 0 bridgehead atoms. The largest absolute Gasteiger partial charge is 0.462 e. The molecule has 4 nitrogen and oxygen atoms in total. The van der Waals surface area contributed by atoms with Crippen LogP contribution in [0.1, 0.15) is 25.0 Å². The van der Waals surface area contributed by atoms with Crippen molar-refractivity contribution in [1.82, 2.24) is 4.90 Å². The summed E-state index contributed by atoms with van der Waals surface area (Å²) in [5, 5.41) is 0. The van der Waals surface area contributed by atoms with Crippen molar-refractivity contribution in [2.75, 3.05) is 13.2 Å². The summed E-state index contributed by atoms with van der Waals surface area (Å²) in [6, 6.07) is 7.77. The lowest BCUT2D eigenvalue weighted by atomic mass is 10.0. The molecule has 1 aromatic rings. The number of hydrogen-bond donors (Lipinski definition) is 0. The Hall–Kier alpha value is -2.62. The number of aryl methyl sites for hydroxylation is 1. The highest BCUT2D eigenvalue weighted by Crippen LogP contribution is 2.31. The number of carbonyl (C=O) groups excluding carboxylic acids is 2. The number of hydrogen-bond acceptors (Lipinski definition) is 3. The number of nitrogens with zero attached hydrogens (tertiary/aromatic N) is 1. The Labute approximate surface area is 136 Å². The maximum atomic E-state index is 12.7. The van der Waals surface area contributed by atoms with E-state index in [1.807, 2.05) is 31.2 Å². The molecule has 1 aliphatic rings. The highest BCUT2D eigenvalue weighted by molar-refractivity contribution is 6.16. The summed E-state index contributed by atoms with van der Waals surface area (Å²) in [6.07, 6.45) is 3.37. The van der Waals surface area contributed by atoms with E-state index < -0.39 is 5.97 Å². The van der Waals surface area contributed by atoms with Crippen molar-refractivity contribution in [3.8, 4) is 0 Å². The second kappa shape index (κ2) is 7.09. The van der Waals surface area contributed by atoms with Crippen LogP contribution in [0.2, 0.25) is 0 Å². The summed E-state index contributed by atoms with van der Waals surface area (Å²) >= 11 is 0. The minimum atomic E-state index is -0.469. The van der Waals surface area contributed by atoms with Crippen LogP contribution in [0.4, 0.5) is 0 Å². The first kappa shape index (κ1) is 16.7. The average molecular weight is 311 g/mol. The van der Waals surface area contributed by atoms with Crippen molar-refractivity contribution in [2.45, 2.75) is 20.8 Å². The number of esters is 1. The Morgan fingerprint density at radius 1 is 1.26 bits per heavy atom. The molecule has 1 aliphatic heterocycles. The molecule has 2 rings (SSSR count). The molecule has 0 spiro atoms. The Bertz CT molecular complexity index is 696. The van der Waals surface area contributed by atoms with Crippen LogP contribution >= 0.6 is 0 Å². The summed E-state index contributed by atoms with van der Waals surface area (Å²) in [6.45, 7) is 9.79. The summed E-state index contributed by atoms with van der Waals surface area (Å²) < 4.78 is 5.12. The van der Waals surface area contributed by atoms with Gasteiger partial charge in [0.25, 0.3) is 5.91 Å². The number of ether oxygens (including phenoxy) is 1. The Morgan fingerprint density at radius 2 is 1.91 bits per heavy atom. The molecule has 1 heterocycles. The van der Waals surface area contributed by atoms with Gasteiger partial charge in [-0.1, -0.05) is 35.9 Å². The molecule has 4 heteroatoms. The maximum Gasteiger partial charge on any atom is 0.340 e. The van der Waals surface area contributed by atoms with E-state index in [0.717, 1.165) is 11.1 Å². The first-order valence-corrected chi connectivity index (χ1v) is 7.59. The lowest BCUT2D eigenvalue weighted by Crippen LogP contribution is -2.24. The van der Waals surface area contributed by atoms with Crippen LogP contribution in [-0.2, 0) is 14.3 Å². The number of rotatable bonds is 5. The van der Waals surface area contributed by atoms with Gasteiger partial charge in [0.2, 0.25) is 0 Å². The van der Waals surface area contributed by atoms with Crippen molar-refractivity contribution in [3.63, 3.8) is 0 Å². The first-order chi connectivity index (χ1) is 11.0. The molecule has 23 heavy (non-hydrogen) atoms. The predicted molar refractivity (Wildman–Crippen MR) is 90.4 cm³/mol. The minimum absolute atomic E-state index is 0.203. The van der Waals surface area contributed by atoms with Gasteiger partial charge in [-0.2, -0.15) is 0 Å². The summed E-state index contributed by atoms with van der Waals surface area (Å²) in [5.41, 5.74) is 3.31. The van der Waals surface area contributed by atoms with E-state index in [4.69, 9.17) is 4.74 Å². The molecule has 0 radical (unpaired) electrons. The van der Waals surface area contributed by atoms with Crippen molar-refractivity contribution in [3.05, 3.63) is 64.9 Å². The molecular weight excluding hydrogens is 290 g/mol. The van der Waals surface area contributed by atoms with E-state index in [2.05, 4.69) is 6.58 Å². The second-order valence-electron chi connectivity index (χ2n) is 5.35. The van der Waals surface area contributed by atoms with E-state index in [-0.39, 0.29) is 12.5 Å². The Morgan fingerprint density at radius 3 is 2.48 bits per heavy atom. The molecule has 0 fully saturated rings. The topological polar surface area (TPSA) is 46.6 Å². The number of amides is 1. The van der Waals surface area contributed by atoms with Gasteiger partial charge in [-0.3, -0.25) is 4.79 Å². The summed E-state index contributed by atoms with van der Waals surface area (Å²) in [5.74, 6) is -0.672. The predicted octanol–water partition coefficient (Wildman–Crippen LogP) is 3.24. The second-order valence-corrected chi connectivity index (χ2v) is 5.35. The van der Waals surface area contributed by atoms with Crippen LogP contribution in [0.15, 0.2) is 53.8 Å². The quantitative estimate of drug-likeness (QED) is 0.476. The van der Waals surface area contributed by atoms with Gasteiger partial charge in [0.05, 0.1) is 17.8 Å². The highest BCUT2D eigenvalue weighted by Gasteiger charge is 2.36. The van der Waals surface area contributed by atoms with Gasteiger partial charge in [0.1, 0.15) is 0 Å². The lowest BCUT2D eigenvalue weighted by molar-refractivity contribution is -0.138. The molecule has 1 aromatic carbocycles. The zero-order valence-electron chi connectivity index (χ0n) is 13.8. The van der Waals surface area contributed by atoms with Crippen molar-refractivity contribution in [2.24, 2.45) is 0 Å². The number of allylic oxidation sites excluding steroid dienone is 1. The Kier molecular flexibility index (Phi) is 5.16. The van der Waals surface area contributed by atoms with E-state index in [0.29, 0.717) is 23.4 Å². The summed E-state index contributed by atoms with van der Waals surface area (Å²) in [4.78, 5) is 26.5. The van der Waals surface area contributed by atoms with Crippen LogP contribution in [0.25, 0.3) is 6.08 Å². The normalized spacial score (nSPS) is 16.2. The first-order valence-electron chi connectivity index (χ1n) is 7.59. The van der Waals surface area contributed by atoms with Crippen LogP contribution in [-0.4, -0.2) is 29.9 Å². The van der Waals surface area contributed by atoms with E-state index >= 15 is 0 Å². The summed E-state index contributed by atoms with van der Waals surface area (Å²) in [7, 11) is 0. The third-order valence-electron chi connectivity index (χ3n) is 3.69. The molecule has 0 unspecified atom stereocenters. The molecule has 0 N–H and O–H groups in total. The maximum absolute atomic E-state index is 12.7. The molecule has 120 valence electrons. The van der Waals surface area contributed by atoms with E-state index in [1.54, 1.807) is 30.9 Å².